The molecule has 0 spiro atoms. The summed E-state index contributed by atoms with van der Waals surface area (Å²) in [4.78, 5) is 3.38. The van der Waals surface area contributed by atoms with Gasteiger partial charge >= 0.3 is 0 Å². The van der Waals surface area contributed by atoms with Gasteiger partial charge in [0.15, 0.2) is 0 Å². The number of halogens is 1. The van der Waals surface area contributed by atoms with Crippen molar-refractivity contribution < 1.29 is 4.39 Å². The van der Waals surface area contributed by atoms with Crippen molar-refractivity contribution in [2.45, 2.75) is 53.8 Å². The van der Waals surface area contributed by atoms with Crippen molar-refractivity contribution in [2.75, 3.05) is 0 Å². The first-order valence-electron chi connectivity index (χ1n) is 8.37. The highest BCUT2D eigenvalue weighted by Gasteiger charge is 2.12. The third kappa shape index (κ3) is 3.22. The SMILES string of the molecule is Cc1cc(C)n(C[C@H](C)NCc2cc(F)cc3c(C)c(C)[nH]c23)n1. The molecule has 2 heterocycles. The van der Waals surface area contributed by atoms with E-state index in [-0.39, 0.29) is 11.9 Å². The number of aromatic amines is 1. The van der Waals surface area contributed by atoms with Gasteiger partial charge in [-0.25, -0.2) is 4.39 Å². The van der Waals surface area contributed by atoms with Gasteiger partial charge in [-0.1, -0.05) is 0 Å². The molecule has 0 aliphatic carbocycles. The molecule has 0 radical (unpaired) electrons. The minimum Gasteiger partial charge on any atom is -0.358 e. The maximum absolute atomic E-state index is 14.0. The van der Waals surface area contributed by atoms with Crippen molar-refractivity contribution in [1.29, 1.82) is 0 Å². The quantitative estimate of drug-likeness (QED) is 0.746. The van der Waals surface area contributed by atoms with Crippen LogP contribution in [0, 0.1) is 33.5 Å². The number of aryl methyl sites for hydroxylation is 4. The predicted octanol–water partition coefficient (Wildman–Crippen LogP) is 3.92. The molecule has 5 heteroatoms. The second kappa shape index (κ2) is 6.40. The Hall–Kier alpha value is -2.14. The highest BCUT2D eigenvalue weighted by atomic mass is 19.1. The second-order valence-electron chi connectivity index (χ2n) is 6.75. The van der Waals surface area contributed by atoms with Crippen LogP contribution in [0.25, 0.3) is 10.9 Å². The molecule has 1 aromatic carbocycles. The van der Waals surface area contributed by atoms with E-state index in [0.717, 1.165) is 45.7 Å². The molecule has 0 bridgehead atoms. The molecule has 0 amide bonds. The minimum absolute atomic E-state index is 0.187. The zero-order chi connectivity index (χ0) is 17.4. The molecule has 0 saturated heterocycles. The van der Waals surface area contributed by atoms with Crippen molar-refractivity contribution in [1.82, 2.24) is 20.1 Å². The molecule has 24 heavy (non-hydrogen) atoms. The molecule has 0 unspecified atom stereocenters. The Morgan fingerprint density at radius 1 is 1.21 bits per heavy atom. The number of hydrogen-bond acceptors (Lipinski definition) is 2. The van der Waals surface area contributed by atoms with Crippen LogP contribution in [0.1, 0.15) is 35.1 Å². The fourth-order valence-corrected chi connectivity index (χ4v) is 3.20. The van der Waals surface area contributed by atoms with Crippen molar-refractivity contribution in [2.24, 2.45) is 0 Å². The minimum atomic E-state index is -0.187. The van der Waals surface area contributed by atoms with E-state index in [4.69, 9.17) is 0 Å². The van der Waals surface area contributed by atoms with Gasteiger partial charge in [0.25, 0.3) is 0 Å². The first kappa shape index (κ1) is 16.7. The van der Waals surface area contributed by atoms with E-state index in [2.05, 4.69) is 35.3 Å². The predicted molar refractivity (Wildman–Crippen MR) is 95.7 cm³/mol. The summed E-state index contributed by atoms with van der Waals surface area (Å²) in [6.45, 7) is 11.6. The lowest BCUT2D eigenvalue weighted by atomic mass is 10.1. The van der Waals surface area contributed by atoms with E-state index < -0.39 is 0 Å². The highest BCUT2D eigenvalue weighted by molar-refractivity contribution is 5.87. The van der Waals surface area contributed by atoms with E-state index in [1.165, 1.54) is 0 Å². The molecule has 2 aromatic heterocycles. The highest BCUT2D eigenvalue weighted by Crippen LogP contribution is 2.25. The Labute approximate surface area is 142 Å². The van der Waals surface area contributed by atoms with Crippen LogP contribution in [0.2, 0.25) is 0 Å². The third-order valence-corrected chi connectivity index (χ3v) is 4.65. The van der Waals surface area contributed by atoms with E-state index in [9.17, 15) is 4.39 Å². The average Bonchev–Trinajstić information content (AvgIpc) is 2.97. The number of rotatable bonds is 5. The lowest BCUT2D eigenvalue weighted by molar-refractivity contribution is 0.444. The van der Waals surface area contributed by atoms with Crippen LogP contribution in [0.3, 0.4) is 0 Å². The molecule has 3 rings (SSSR count). The normalized spacial score (nSPS) is 12.9. The lowest BCUT2D eigenvalue weighted by Gasteiger charge is -2.15. The Morgan fingerprint density at radius 2 is 1.96 bits per heavy atom. The first-order chi connectivity index (χ1) is 11.3. The largest absolute Gasteiger partial charge is 0.358 e. The molecule has 0 aliphatic rings. The number of nitrogens with one attached hydrogen (secondary N) is 2. The van der Waals surface area contributed by atoms with Crippen LogP contribution in [-0.4, -0.2) is 20.8 Å². The van der Waals surface area contributed by atoms with Crippen LogP contribution in [0.4, 0.5) is 4.39 Å². The van der Waals surface area contributed by atoms with E-state index >= 15 is 0 Å². The summed E-state index contributed by atoms with van der Waals surface area (Å²) in [5.74, 6) is -0.187. The molecule has 2 N–H and O–H groups in total. The zero-order valence-corrected chi connectivity index (χ0v) is 15.0. The number of fused-ring (bicyclic) bond motifs is 1. The van der Waals surface area contributed by atoms with Crippen molar-refractivity contribution in [3.63, 3.8) is 0 Å². The molecule has 3 aromatic rings. The van der Waals surface area contributed by atoms with Crippen LogP contribution in [-0.2, 0) is 13.1 Å². The monoisotopic (exact) mass is 328 g/mol. The number of H-pyrrole nitrogens is 1. The molecule has 0 saturated carbocycles. The average molecular weight is 328 g/mol. The van der Waals surface area contributed by atoms with E-state index in [0.29, 0.717) is 6.54 Å². The van der Waals surface area contributed by atoms with Gasteiger partial charge in [-0.3, -0.25) is 4.68 Å². The lowest BCUT2D eigenvalue weighted by Crippen LogP contribution is -2.30. The summed E-state index contributed by atoms with van der Waals surface area (Å²) in [5.41, 5.74) is 6.38. The molecule has 0 aliphatic heterocycles. The Kier molecular flexibility index (Phi) is 4.45. The van der Waals surface area contributed by atoms with Gasteiger partial charge in [0.05, 0.1) is 17.8 Å². The summed E-state index contributed by atoms with van der Waals surface area (Å²) >= 11 is 0. The van der Waals surface area contributed by atoms with Crippen molar-refractivity contribution in [3.8, 4) is 0 Å². The van der Waals surface area contributed by atoms with Crippen molar-refractivity contribution >= 4 is 10.9 Å². The molecule has 0 fully saturated rings. The van der Waals surface area contributed by atoms with Gasteiger partial charge in [0.2, 0.25) is 0 Å². The van der Waals surface area contributed by atoms with Crippen LogP contribution < -0.4 is 5.32 Å². The number of benzene rings is 1. The van der Waals surface area contributed by atoms with Crippen LogP contribution in [0.5, 0.6) is 0 Å². The fourth-order valence-electron chi connectivity index (χ4n) is 3.20. The molecule has 1 atom stereocenters. The maximum atomic E-state index is 14.0. The Morgan fingerprint density at radius 3 is 2.62 bits per heavy atom. The summed E-state index contributed by atoms with van der Waals surface area (Å²) < 4.78 is 16.0. The van der Waals surface area contributed by atoms with Crippen LogP contribution in [0.15, 0.2) is 18.2 Å². The summed E-state index contributed by atoms with van der Waals surface area (Å²) in [7, 11) is 0. The fraction of sp³-hybridized carbons (Fsp3) is 0.421. The molecule has 4 nitrogen and oxygen atoms in total. The third-order valence-electron chi connectivity index (χ3n) is 4.65. The van der Waals surface area contributed by atoms with E-state index in [1.807, 2.05) is 25.5 Å². The van der Waals surface area contributed by atoms with Gasteiger partial charge in [-0.15, -0.1) is 0 Å². The topological polar surface area (TPSA) is 45.6 Å². The smallest absolute Gasteiger partial charge is 0.124 e. The summed E-state index contributed by atoms with van der Waals surface area (Å²) in [5, 5.41) is 8.95. The Bertz CT molecular complexity index is 875. The van der Waals surface area contributed by atoms with Gasteiger partial charge < -0.3 is 10.3 Å². The molecule has 128 valence electrons. The maximum Gasteiger partial charge on any atom is 0.124 e. The van der Waals surface area contributed by atoms with Gasteiger partial charge in [-0.2, -0.15) is 5.10 Å². The van der Waals surface area contributed by atoms with Crippen LogP contribution >= 0.6 is 0 Å². The number of nitrogens with zero attached hydrogens (tertiary/aromatic N) is 2. The second-order valence-corrected chi connectivity index (χ2v) is 6.75. The summed E-state index contributed by atoms with van der Waals surface area (Å²) in [6, 6.07) is 5.53. The first-order valence-corrected chi connectivity index (χ1v) is 8.37. The number of hydrogen-bond donors (Lipinski definition) is 2. The van der Waals surface area contributed by atoms with Gasteiger partial charge in [-0.05, 0) is 63.9 Å². The summed E-state index contributed by atoms with van der Waals surface area (Å²) in [6.07, 6.45) is 0. The van der Waals surface area contributed by atoms with Gasteiger partial charge in [0, 0.05) is 29.4 Å². The van der Waals surface area contributed by atoms with Gasteiger partial charge in [0.1, 0.15) is 5.82 Å². The van der Waals surface area contributed by atoms with Crippen molar-refractivity contribution in [3.05, 3.63) is 52.2 Å². The number of aromatic nitrogens is 3. The Balaban J connectivity index is 1.75. The zero-order valence-electron chi connectivity index (χ0n) is 15.0. The standard InChI is InChI=1S/C19H25FN4/c1-11-6-13(3)24(23-11)10-12(2)21-9-16-7-17(20)8-18-14(4)15(5)22-19(16)18/h6-8,12,21-22H,9-10H2,1-5H3/t12-/m0/s1. The molecular formula is C19H25FN4. The van der Waals surface area contributed by atoms with E-state index in [1.54, 1.807) is 12.1 Å². The molecular weight excluding hydrogens is 303 g/mol.